The fraction of sp³-hybridized carbons (Fsp3) is 0.379. The SMILES string of the molecule is CC(C)c1ccc(C(=O)N2CCC(c3ccc(NC(=O)C4CN(c5cccnn5)C4)cc3)CC2)cc1. The standard InChI is InChI=1S/C29H33N5O2/c1-20(2)21-5-7-24(8-6-21)29(36)33-16-13-23(14-17-33)22-9-11-26(12-10-22)31-28(35)25-18-34(19-25)27-4-3-15-30-32-27/h3-12,15,20,23,25H,13-14,16-19H2,1-2H3,(H,31,35). The van der Waals surface area contributed by atoms with Gasteiger partial charge in [-0.15, -0.1) is 5.10 Å². The van der Waals surface area contributed by atoms with Gasteiger partial charge in [0.2, 0.25) is 5.91 Å². The third kappa shape index (κ3) is 5.25. The van der Waals surface area contributed by atoms with Crippen LogP contribution in [0.5, 0.6) is 0 Å². The number of rotatable bonds is 6. The molecule has 0 unspecified atom stereocenters. The van der Waals surface area contributed by atoms with Crippen molar-refractivity contribution in [3.05, 3.63) is 83.6 Å². The number of likely N-dealkylation sites (tertiary alicyclic amines) is 1. The summed E-state index contributed by atoms with van der Waals surface area (Å²) >= 11 is 0. The highest BCUT2D eigenvalue weighted by Gasteiger charge is 2.33. The van der Waals surface area contributed by atoms with Gasteiger partial charge in [-0.05, 0) is 72.2 Å². The fourth-order valence-corrected chi connectivity index (χ4v) is 4.99. The van der Waals surface area contributed by atoms with E-state index in [2.05, 4.69) is 58.5 Å². The zero-order valence-electron chi connectivity index (χ0n) is 20.9. The number of nitrogens with zero attached hydrogens (tertiary/aromatic N) is 4. The number of benzene rings is 2. The zero-order chi connectivity index (χ0) is 25.1. The quantitative estimate of drug-likeness (QED) is 0.550. The molecule has 1 N–H and O–H groups in total. The van der Waals surface area contributed by atoms with Crippen molar-refractivity contribution in [3.63, 3.8) is 0 Å². The van der Waals surface area contributed by atoms with Gasteiger partial charge < -0.3 is 15.1 Å². The van der Waals surface area contributed by atoms with Crippen molar-refractivity contribution in [2.75, 3.05) is 36.4 Å². The minimum absolute atomic E-state index is 0.0381. The molecule has 3 heterocycles. The van der Waals surface area contributed by atoms with Crippen molar-refractivity contribution in [1.82, 2.24) is 15.1 Å². The highest BCUT2D eigenvalue weighted by Crippen LogP contribution is 2.30. The van der Waals surface area contributed by atoms with Gasteiger partial charge in [0.15, 0.2) is 5.82 Å². The molecule has 2 amide bonds. The number of anilines is 2. The Morgan fingerprint density at radius 1 is 0.944 bits per heavy atom. The van der Waals surface area contributed by atoms with Crippen LogP contribution in [-0.2, 0) is 4.79 Å². The van der Waals surface area contributed by atoms with E-state index in [1.807, 2.05) is 41.3 Å². The molecule has 0 aliphatic carbocycles. The first-order valence-corrected chi connectivity index (χ1v) is 12.8. The molecule has 0 saturated carbocycles. The van der Waals surface area contributed by atoms with Gasteiger partial charge in [-0.2, -0.15) is 5.10 Å². The topological polar surface area (TPSA) is 78.4 Å². The fourth-order valence-electron chi connectivity index (χ4n) is 4.99. The minimum atomic E-state index is -0.0462. The van der Waals surface area contributed by atoms with Crippen LogP contribution in [-0.4, -0.2) is 53.1 Å². The van der Waals surface area contributed by atoms with Crippen LogP contribution in [0.25, 0.3) is 0 Å². The van der Waals surface area contributed by atoms with Crippen molar-refractivity contribution < 1.29 is 9.59 Å². The second-order valence-electron chi connectivity index (χ2n) is 10.1. The Labute approximate surface area is 212 Å². The first-order chi connectivity index (χ1) is 17.5. The van der Waals surface area contributed by atoms with Gasteiger partial charge >= 0.3 is 0 Å². The summed E-state index contributed by atoms with van der Waals surface area (Å²) in [4.78, 5) is 29.6. The number of hydrogen-bond donors (Lipinski definition) is 1. The maximum Gasteiger partial charge on any atom is 0.253 e. The van der Waals surface area contributed by atoms with Crippen LogP contribution in [0.3, 0.4) is 0 Å². The van der Waals surface area contributed by atoms with E-state index >= 15 is 0 Å². The van der Waals surface area contributed by atoms with Crippen molar-refractivity contribution in [2.24, 2.45) is 5.92 Å². The monoisotopic (exact) mass is 483 g/mol. The second-order valence-corrected chi connectivity index (χ2v) is 10.1. The largest absolute Gasteiger partial charge is 0.353 e. The average Bonchev–Trinajstić information content (AvgIpc) is 2.89. The molecule has 36 heavy (non-hydrogen) atoms. The van der Waals surface area contributed by atoms with E-state index in [1.54, 1.807) is 6.20 Å². The van der Waals surface area contributed by atoms with Crippen LogP contribution in [0, 0.1) is 5.92 Å². The Hall–Kier alpha value is -3.74. The van der Waals surface area contributed by atoms with Crippen LogP contribution >= 0.6 is 0 Å². The Bertz CT molecular complexity index is 1180. The van der Waals surface area contributed by atoms with Crippen molar-refractivity contribution in [1.29, 1.82) is 0 Å². The number of carbonyl (C=O) groups excluding carboxylic acids is 2. The molecule has 5 rings (SSSR count). The van der Waals surface area contributed by atoms with Crippen molar-refractivity contribution >= 4 is 23.3 Å². The van der Waals surface area contributed by atoms with E-state index in [0.29, 0.717) is 24.9 Å². The molecule has 7 heteroatoms. The molecule has 186 valence electrons. The van der Waals surface area contributed by atoms with E-state index < -0.39 is 0 Å². The average molecular weight is 484 g/mol. The molecule has 2 saturated heterocycles. The first-order valence-electron chi connectivity index (χ1n) is 12.8. The maximum atomic E-state index is 12.9. The first kappa shape index (κ1) is 24.0. The molecule has 7 nitrogen and oxygen atoms in total. The van der Waals surface area contributed by atoms with Crippen LogP contribution in [0.4, 0.5) is 11.5 Å². The van der Waals surface area contributed by atoms with Gasteiger partial charge in [0.25, 0.3) is 5.91 Å². The van der Waals surface area contributed by atoms with Crippen LogP contribution in [0.2, 0.25) is 0 Å². The molecule has 2 fully saturated rings. The van der Waals surface area contributed by atoms with E-state index in [-0.39, 0.29) is 17.7 Å². The molecule has 1 aromatic heterocycles. The molecule has 2 aliphatic heterocycles. The normalized spacial score (nSPS) is 16.6. The van der Waals surface area contributed by atoms with Crippen LogP contribution in [0.15, 0.2) is 66.9 Å². The predicted octanol–water partition coefficient (Wildman–Crippen LogP) is 4.69. The number of carbonyl (C=O) groups is 2. The molecule has 0 atom stereocenters. The van der Waals surface area contributed by atoms with E-state index in [0.717, 1.165) is 43.0 Å². The predicted molar refractivity (Wildman–Crippen MR) is 141 cm³/mol. The summed E-state index contributed by atoms with van der Waals surface area (Å²) in [6, 6.07) is 20.0. The molecule has 0 bridgehead atoms. The lowest BCUT2D eigenvalue weighted by Gasteiger charge is -2.38. The highest BCUT2D eigenvalue weighted by molar-refractivity contribution is 5.95. The molecule has 3 aromatic rings. The summed E-state index contributed by atoms with van der Waals surface area (Å²) in [5.41, 5.74) is 4.10. The maximum absolute atomic E-state index is 12.9. The van der Waals surface area contributed by atoms with Crippen LogP contribution < -0.4 is 10.2 Å². The highest BCUT2D eigenvalue weighted by atomic mass is 16.2. The Morgan fingerprint density at radius 2 is 1.64 bits per heavy atom. The molecule has 0 radical (unpaired) electrons. The number of aromatic nitrogens is 2. The number of nitrogens with one attached hydrogen (secondary N) is 1. The Morgan fingerprint density at radius 3 is 2.25 bits per heavy atom. The van der Waals surface area contributed by atoms with E-state index in [1.165, 1.54) is 11.1 Å². The number of hydrogen-bond acceptors (Lipinski definition) is 5. The van der Waals surface area contributed by atoms with Gasteiger partial charge in [-0.3, -0.25) is 9.59 Å². The van der Waals surface area contributed by atoms with Crippen molar-refractivity contribution in [2.45, 2.75) is 38.5 Å². The Balaban J connectivity index is 1.09. The van der Waals surface area contributed by atoms with E-state index in [4.69, 9.17) is 0 Å². The summed E-state index contributed by atoms with van der Waals surface area (Å²) in [7, 11) is 0. The summed E-state index contributed by atoms with van der Waals surface area (Å²) < 4.78 is 0. The minimum Gasteiger partial charge on any atom is -0.353 e. The van der Waals surface area contributed by atoms with E-state index in [9.17, 15) is 9.59 Å². The third-order valence-corrected chi connectivity index (χ3v) is 7.39. The summed E-state index contributed by atoms with van der Waals surface area (Å²) in [6.07, 6.45) is 3.54. The summed E-state index contributed by atoms with van der Waals surface area (Å²) in [5, 5.41) is 11.0. The summed E-state index contributed by atoms with van der Waals surface area (Å²) in [5.74, 6) is 1.81. The zero-order valence-corrected chi connectivity index (χ0v) is 20.9. The number of amides is 2. The second kappa shape index (κ2) is 10.5. The Kier molecular flexibility index (Phi) is 6.98. The summed E-state index contributed by atoms with van der Waals surface area (Å²) in [6.45, 7) is 7.15. The third-order valence-electron chi connectivity index (χ3n) is 7.39. The smallest absolute Gasteiger partial charge is 0.253 e. The van der Waals surface area contributed by atoms with Crippen molar-refractivity contribution in [3.8, 4) is 0 Å². The van der Waals surface area contributed by atoms with Gasteiger partial charge in [0, 0.05) is 43.6 Å². The molecule has 0 spiro atoms. The lowest BCUT2D eigenvalue weighted by molar-refractivity contribution is -0.120. The number of piperidine rings is 1. The molecular formula is C29H33N5O2. The van der Waals surface area contributed by atoms with Gasteiger partial charge in [-0.25, -0.2) is 0 Å². The lowest BCUT2D eigenvalue weighted by atomic mass is 9.89. The molecule has 2 aromatic carbocycles. The molecule has 2 aliphatic rings. The van der Waals surface area contributed by atoms with Gasteiger partial charge in [-0.1, -0.05) is 38.1 Å². The lowest BCUT2D eigenvalue weighted by Crippen LogP contribution is -2.52. The van der Waals surface area contributed by atoms with Gasteiger partial charge in [0.1, 0.15) is 0 Å². The van der Waals surface area contributed by atoms with Crippen LogP contribution in [0.1, 0.15) is 60.0 Å². The van der Waals surface area contributed by atoms with Gasteiger partial charge in [0.05, 0.1) is 5.92 Å². The molecular weight excluding hydrogens is 450 g/mol.